The third-order valence-electron chi connectivity index (χ3n) is 5.54. The van der Waals surface area contributed by atoms with Crippen LogP contribution in [0.1, 0.15) is 23.6 Å². The highest BCUT2D eigenvalue weighted by Gasteiger charge is 2.45. The molecule has 0 radical (unpaired) electrons. The molecule has 2 heterocycles. The summed E-state index contributed by atoms with van der Waals surface area (Å²) in [5.74, 6) is -1.08. The first-order valence-corrected chi connectivity index (χ1v) is 11.0. The number of methoxy groups -OCH3 is 1. The molecule has 1 saturated heterocycles. The van der Waals surface area contributed by atoms with E-state index in [-0.39, 0.29) is 11.3 Å². The van der Waals surface area contributed by atoms with Crippen molar-refractivity contribution in [3.8, 4) is 5.75 Å². The fraction of sp³-hybridized carbons (Fsp3) is 0.208. The summed E-state index contributed by atoms with van der Waals surface area (Å²) in [6, 6.07) is 10.7. The van der Waals surface area contributed by atoms with Gasteiger partial charge in [-0.1, -0.05) is 29.3 Å². The van der Waals surface area contributed by atoms with Crippen molar-refractivity contribution < 1.29 is 19.4 Å². The third-order valence-corrected chi connectivity index (χ3v) is 6.28. The predicted molar refractivity (Wildman–Crippen MR) is 125 cm³/mol. The van der Waals surface area contributed by atoms with Crippen LogP contribution in [0.5, 0.6) is 5.75 Å². The van der Waals surface area contributed by atoms with Crippen molar-refractivity contribution >= 4 is 40.7 Å². The van der Waals surface area contributed by atoms with Crippen molar-refractivity contribution in [2.45, 2.75) is 19.0 Å². The number of Topliss-reactive ketones (excluding diaryl/α,β-unsaturated/α-hetero) is 1. The molecule has 7 nitrogen and oxygen atoms in total. The molecule has 1 atom stereocenters. The van der Waals surface area contributed by atoms with Crippen LogP contribution in [0, 0.1) is 0 Å². The molecule has 4 rings (SSSR count). The van der Waals surface area contributed by atoms with Crippen molar-refractivity contribution in [3.05, 3.63) is 87.9 Å². The summed E-state index contributed by atoms with van der Waals surface area (Å²) in [5, 5.41) is 11.7. The van der Waals surface area contributed by atoms with Crippen LogP contribution < -0.4 is 4.74 Å². The first-order valence-electron chi connectivity index (χ1n) is 10.2. The summed E-state index contributed by atoms with van der Waals surface area (Å²) in [5.41, 5.74) is 0.991. The van der Waals surface area contributed by atoms with Crippen molar-refractivity contribution in [2.24, 2.45) is 0 Å². The van der Waals surface area contributed by atoms with E-state index in [1.54, 1.807) is 55.0 Å². The topological polar surface area (TPSA) is 84.7 Å². The highest BCUT2D eigenvalue weighted by molar-refractivity contribution is 6.46. The maximum atomic E-state index is 13.1. The Hall–Kier alpha value is -3.29. The summed E-state index contributed by atoms with van der Waals surface area (Å²) in [7, 11) is 1.54. The highest BCUT2D eigenvalue weighted by Crippen LogP contribution is 2.41. The number of aliphatic hydroxyl groups is 1. The Bertz CT molecular complexity index is 1210. The second-order valence-electron chi connectivity index (χ2n) is 7.55. The van der Waals surface area contributed by atoms with Crippen molar-refractivity contribution in [1.82, 2.24) is 14.5 Å². The minimum absolute atomic E-state index is 0.00573. The van der Waals surface area contributed by atoms with Crippen LogP contribution in [-0.2, 0) is 16.1 Å². The molecular weight excluding hydrogens is 465 g/mol. The summed E-state index contributed by atoms with van der Waals surface area (Å²) in [4.78, 5) is 31.6. The first-order chi connectivity index (χ1) is 15.9. The van der Waals surface area contributed by atoms with Gasteiger partial charge in [0.2, 0.25) is 0 Å². The number of nitrogens with zero attached hydrogens (tertiary/aromatic N) is 3. The molecular formula is C24H21Cl2N3O4. The van der Waals surface area contributed by atoms with Gasteiger partial charge in [0.1, 0.15) is 11.5 Å². The molecule has 1 amide bonds. The summed E-state index contributed by atoms with van der Waals surface area (Å²) in [6.07, 6.45) is 5.78. The van der Waals surface area contributed by atoms with E-state index in [2.05, 4.69) is 4.98 Å². The molecule has 0 saturated carbocycles. The number of hydrogen-bond donors (Lipinski definition) is 1. The first kappa shape index (κ1) is 22.9. The quantitative estimate of drug-likeness (QED) is 0.297. The van der Waals surface area contributed by atoms with Gasteiger partial charge in [-0.05, 0) is 48.4 Å². The Labute approximate surface area is 200 Å². The second-order valence-corrected chi connectivity index (χ2v) is 8.36. The molecule has 0 bridgehead atoms. The summed E-state index contributed by atoms with van der Waals surface area (Å²) >= 11 is 12.3. The van der Waals surface area contributed by atoms with Gasteiger partial charge in [0.15, 0.2) is 0 Å². The number of benzene rings is 2. The number of carbonyl (C=O) groups is 2. The van der Waals surface area contributed by atoms with Gasteiger partial charge in [-0.25, -0.2) is 4.98 Å². The largest absolute Gasteiger partial charge is 0.507 e. The molecule has 1 aliphatic rings. The number of halogens is 2. The Morgan fingerprint density at radius 1 is 1.09 bits per heavy atom. The average molecular weight is 486 g/mol. The molecule has 1 aliphatic heterocycles. The minimum atomic E-state index is -0.801. The minimum Gasteiger partial charge on any atom is -0.507 e. The van der Waals surface area contributed by atoms with Gasteiger partial charge < -0.3 is 19.3 Å². The molecule has 0 spiro atoms. The number of rotatable bonds is 7. The molecule has 9 heteroatoms. The monoisotopic (exact) mass is 485 g/mol. The maximum Gasteiger partial charge on any atom is 0.295 e. The number of hydrogen-bond acceptors (Lipinski definition) is 5. The number of ether oxygens (including phenoxy) is 1. The van der Waals surface area contributed by atoms with Gasteiger partial charge in [-0.15, -0.1) is 0 Å². The van der Waals surface area contributed by atoms with E-state index in [0.29, 0.717) is 46.4 Å². The average Bonchev–Trinajstić information content (AvgIpc) is 3.43. The maximum absolute atomic E-state index is 13.1. The van der Waals surface area contributed by atoms with Crippen molar-refractivity contribution in [1.29, 1.82) is 0 Å². The Morgan fingerprint density at radius 3 is 2.48 bits per heavy atom. The fourth-order valence-electron chi connectivity index (χ4n) is 3.89. The van der Waals surface area contributed by atoms with Gasteiger partial charge in [-0.3, -0.25) is 9.59 Å². The Kier molecular flexibility index (Phi) is 6.72. The van der Waals surface area contributed by atoms with Crippen LogP contribution in [0.3, 0.4) is 0 Å². The molecule has 1 N–H and O–H groups in total. The lowest BCUT2D eigenvalue weighted by molar-refractivity contribution is -0.139. The molecule has 0 unspecified atom stereocenters. The van der Waals surface area contributed by atoms with Crippen LogP contribution in [0.4, 0.5) is 0 Å². The molecule has 3 aromatic rings. The molecule has 2 aromatic carbocycles. The van der Waals surface area contributed by atoms with E-state index in [9.17, 15) is 14.7 Å². The molecule has 33 heavy (non-hydrogen) atoms. The van der Waals surface area contributed by atoms with E-state index < -0.39 is 17.7 Å². The molecule has 170 valence electrons. The lowest BCUT2D eigenvalue weighted by Crippen LogP contribution is -2.31. The fourth-order valence-corrected chi connectivity index (χ4v) is 4.19. The Morgan fingerprint density at radius 2 is 1.85 bits per heavy atom. The van der Waals surface area contributed by atoms with E-state index in [4.69, 9.17) is 27.9 Å². The van der Waals surface area contributed by atoms with Gasteiger partial charge in [0.05, 0.1) is 35.1 Å². The van der Waals surface area contributed by atoms with Gasteiger partial charge >= 0.3 is 0 Å². The van der Waals surface area contributed by atoms with Crippen LogP contribution in [0.15, 0.2) is 66.8 Å². The zero-order valence-corrected chi connectivity index (χ0v) is 19.3. The van der Waals surface area contributed by atoms with Crippen LogP contribution >= 0.6 is 23.2 Å². The number of carbonyl (C=O) groups excluding carboxylic acids is 2. The van der Waals surface area contributed by atoms with Crippen LogP contribution in [0.2, 0.25) is 10.0 Å². The van der Waals surface area contributed by atoms with Crippen molar-refractivity contribution in [2.75, 3.05) is 13.7 Å². The summed E-state index contributed by atoms with van der Waals surface area (Å²) < 4.78 is 7.05. The highest BCUT2D eigenvalue weighted by atomic mass is 35.5. The molecule has 1 aromatic heterocycles. The van der Waals surface area contributed by atoms with Gasteiger partial charge in [0, 0.05) is 31.0 Å². The predicted octanol–water partition coefficient (Wildman–Crippen LogP) is 4.71. The van der Waals surface area contributed by atoms with E-state index >= 15 is 0 Å². The van der Waals surface area contributed by atoms with Gasteiger partial charge in [0.25, 0.3) is 11.7 Å². The lowest BCUT2D eigenvalue weighted by Gasteiger charge is -2.25. The van der Waals surface area contributed by atoms with Gasteiger partial charge in [-0.2, -0.15) is 0 Å². The zero-order chi connectivity index (χ0) is 23.5. The van der Waals surface area contributed by atoms with Crippen LogP contribution in [0.25, 0.3) is 5.76 Å². The van der Waals surface area contributed by atoms with Crippen LogP contribution in [-0.4, -0.2) is 44.9 Å². The number of aryl methyl sites for hydroxylation is 1. The van der Waals surface area contributed by atoms with Crippen molar-refractivity contribution in [3.63, 3.8) is 0 Å². The number of ketones is 1. The number of likely N-dealkylation sites (tertiary alicyclic amines) is 1. The standard InChI is InChI=1S/C24H21Cl2N3O4/c1-33-17-6-3-15(4-7-17)22(30)20-21(16-5-8-18(25)19(26)13-16)29(24(32)23(20)31)11-2-10-28-12-9-27-14-28/h3-9,12-14,21,30H,2,10-11H2,1H3/t21-/m1/s1. The van der Waals surface area contributed by atoms with E-state index in [1.807, 2.05) is 10.8 Å². The summed E-state index contributed by atoms with van der Waals surface area (Å²) in [6.45, 7) is 0.919. The normalized spacial score (nSPS) is 17.5. The lowest BCUT2D eigenvalue weighted by atomic mass is 9.95. The number of imidazole rings is 1. The molecule has 0 aliphatic carbocycles. The van der Waals surface area contributed by atoms with E-state index in [0.717, 1.165) is 0 Å². The molecule has 1 fully saturated rings. The smallest absolute Gasteiger partial charge is 0.295 e. The van der Waals surface area contributed by atoms with E-state index in [1.165, 1.54) is 12.0 Å². The third kappa shape index (κ3) is 4.60. The number of aliphatic hydroxyl groups excluding tert-OH is 1. The second kappa shape index (κ2) is 9.68. The number of aromatic nitrogens is 2. The number of amides is 1. The zero-order valence-electron chi connectivity index (χ0n) is 17.7. The Balaban J connectivity index is 1.74. The SMILES string of the molecule is COc1ccc(C(O)=C2C(=O)C(=O)N(CCCn3ccnc3)[C@@H]2c2ccc(Cl)c(Cl)c2)cc1.